The summed E-state index contributed by atoms with van der Waals surface area (Å²) in [6.45, 7) is 8.67. The molecule has 1 saturated heterocycles. The molecule has 0 spiro atoms. The monoisotopic (exact) mass is 612 g/mol. The van der Waals surface area contributed by atoms with Crippen molar-refractivity contribution in [3.05, 3.63) is 34.4 Å². The molecule has 9 atom stereocenters. The number of rotatable bonds is 6. The molecule has 0 radical (unpaired) electrons. The van der Waals surface area contributed by atoms with E-state index in [1.807, 2.05) is 0 Å². The van der Waals surface area contributed by atoms with Crippen LogP contribution in [0.4, 0.5) is 4.79 Å². The highest BCUT2D eigenvalue weighted by Crippen LogP contribution is 2.70. The van der Waals surface area contributed by atoms with Gasteiger partial charge in [0, 0.05) is 63.0 Å². The zero-order valence-corrected chi connectivity index (χ0v) is 26.2. The van der Waals surface area contributed by atoms with Gasteiger partial charge in [-0.25, -0.2) is 9.59 Å². The lowest BCUT2D eigenvalue weighted by Gasteiger charge is -2.63. The highest BCUT2D eigenvalue weighted by atomic mass is 16.5. The second-order valence-electron chi connectivity index (χ2n) is 14.5. The summed E-state index contributed by atoms with van der Waals surface area (Å²) in [6, 6.07) is 3.07. The Morgan fingerprint density at radius 3 is 2.68 bits per heavy atom. The van der Waals surface area contributed by atoms with Gasteiger partial charge < -0.3 is 35.1 Å². The van der Waals surface area contributed by atoms with E-state index in [1.54, 1.807) is 11.0 Å². The second-order valence-corrected chi connectivity index (χ2v) is 14.5. The van der Waals surface area contributed by atoms with E-state index in [0.29, 0.717) is 44.4 Å². The van der Waals surface area contributed by atoms with E-state index in [0.717, 1.165) is 57.1 Å². The summed E-state index contributed by atoms with van der Waals surface area (Å²) in [6.07, 6.45) is 7.75. The smallest absolute Gasteiger partial charge is 0.335 e. The predicted molar refractivity (Wildman–Crippen MR) is 162 cm³/mol. The van der Waals surface area contributed by atoms with E-state index >= 15 is 0 Å². The molecule has 6 rings (SSSR count). The van der Waals surface area contributed by atoms with Crippen molar-refractivity contribution in [1.82, 2.24) is 20.9 Å². The maximum Gasteiger partial charge on any atom is 0.335 e. The lowest BCUT2D eigenvalue weighted by Crippen LogP contribution is -2.62. The van der Waals surface area contributed by atoms with E-state index in [-0.39, 0.29) is 41.2 Å². The van der Waals surface area contributed by atoms with E-state index in [4.69, 9.17) is 9.15 Å². The predicted octanol–water partition coefficient (Wildman–Crippen LogP) is 2.52. The van der Waals surface area contributed by atoms with Gasteiger partial charge in [-0.2, -0.15) is 0 Å². The van der Waals surface area contributed by atoms with Crippen molar-refractivity contribution in [3.8, 4) is 0 Å². The van der Waals surface area contributed by atoms with E-state index in [1.165, 1.54) is 19.3 Å². The first-order valence-electron chi connectivity index (χ1n) is 16.5. The van der Waals surface area contributed by atoms with Gasteiger partial charge >= 0.3 is 17.6 Å². The number of aliphatic hydroxyl groups is 1. The van der Waals surface area contributed by atoms with Crippen molar-refractivity contribution in [2.45, 2.75) is 95.8 Å². The van der Waals surface area contributed by atoms with Gasteiger partial charge in [-0.1, -0.05) is 13.8 Å². The first-order chi connectivity index (χ1) is 20.9. The molecule has 4 aliphatic carbocycles. The normalized spacial score (nSPS) is 39.9. The third kappa shape index (κ3) is 5.33. The molecular weight excluding hydrogens is 564 g/mol. The second kappa shape index (κ2) is 11.8. The van der Waals surface area contributed by atoms with E-state index < -0.39 is 22.7 Å². The van der Waals surface area contributed by atoms with Gasteiger partial charge in [0.05, 0.1) is 18.4 Å². The Kier molecular flexibility index (Phi) is 8.32. The Morgan fingerprint density at radius 1 is 1.14 bits per heavy atom. The van der Waals surface area contributed by atoms with Crippen LogP contribution < -0.4 is 21.6 Å². The van der Waals surface area contributed by atoms with Crippen LogP contribution in [-0.4, -0.2) is 78.4 Å². The highest BCUT2D eigenvalue weighted by Gasteiger charge is 2.70. The standard InChI is InChI=1S/C33H48N4O7/c1-20(38)44-26-17-33(42)25-6-5-22-16-23(36-30(41)35-13-15-37-14-12-34-18-27(37)39)8-10-31(22,2)24(25)9-11-32(33,3)29(26)21-4-7-28(40)43-19-21/h4,7,19,22-26,29,34,42H,5-6,8-18H2,1-3H3,(H2,35,36,41)/t22-,23+,24+,25-,26+,29+,31+,32-,33+/m1/s1. The number of hydrogen-bond donors (Lipinski definition) is 4. The van der Waals surface area contributed by atoms with Crippen molar-refractivity contribution in [2.24, 2.45) is 28.6 Å². The fourth-order valence-electron chi connectivity index (χ4n) is 10.2. The molecule has 44 heavy (non-hydrogen) atoms. The number of carbonyl (C=O) groups excluding carboxylic acids is 3. The molecule has 0 unspecified atom stereocenters. The number of esters is 1. The number of ether oxygens (including phenoxy) is 1. The molecular formula is C33H48N4O7. The maximum absolute atomic E-state index is 12.7. The lowest BCUT2D eigenvalue weighted by atomic mass is 9.43. The Hall–Kier alpha value is -2.92. The van der Waals surface area contributed by atoms with Gasteiger partial charge in [0.25, 0.3) is 0 Å². The zero-order valence-electron chi connectivity index (χ0n) is 26.2. The van der Waals surface area contributed by atoms with Crippen molar-refractivity contribution in [1.29, 1.82) is 0 Å². The van der Waals surface area contributed by atoms with Crippen molar-refractivity contribution >= 4 is 17.9 Å². The fourth-order valence-corrected chi connectivity index (χ4v) is 10.2. The Morgan fingerprint density at radius 2 is 1.95 bits per heavy atom. The third-order valence-corrected chi connectivity index (χ3v) is 12.4. The molecule has 4 N–H and O–H groups in total. The van der Waals surface area contributed by atoms with Crippen LogP contribution in [0, 0.1) is 28.6 Å². The lowest BCUT2D eigenvalue weighted by molar-refractivity contribution is -0.202. The van der Waals surface area contributed by atoms with Gasteiger partial charge in [0.1, 0.15) is 6.10 Å². The van der Waals surface area contributed by atoms with Gasteiger partial charge in [-0.05, 0) is 79.7 Å². The molecule has 1 aliphatic heterocycles. The fraction of sp³-hybridized carbons (Fsp3) is 0.758. The number of carbonyl (C=O) groups is 3. The largest absolute Gasteiger partial charge is 0.462 e. The average Bonchev–Trinajstić information content (AvgIpc) is 3.20. The van der Waals surface area contributed by atoms with Crippen LogP contribution in [0.5, 0.6) is 0 Å². The minimum Gasteiger partial charge on any atom is -0.462 e. The summed E-state index contributed by atoms with van der Waals surface area (Å²) < 4.78 is 11.1. The molecule has 11 nitrogen and oxygen atoms in total. The van der Waals surface area contributed by atoms with Crippen LogP contribution in [-0.2, 0) is 14.3 Å². The summed E-state index contributed by atoms with van der Waals surface area (Å²) >= 11 is 0. The third-order valence-electron chi connectivity index (χ3n) is 12.4. The molecule has 2 heterocycles. The molecule has 11 heteroatoms. The van der Waals surface area contributed by atoms with Crippen molar-refractivity contribution in [2.75, 3.05) is 32.7 Å². The number of hydrogen-bond acceptors (Lipinski definition) is 8. The van der Waals surface area contributed by atoms with Crippen molar-refractivity contribution in [3.63, 3.8) is 0 Å². The summed E-state index contributed by atoms with van der Waals surface area (Å²) in [5, 5.41) is 21.9. The molecule has 5 fully saturated rings. The minimum absolute atomic E-state index is 0.0475. The van der Waals surface area contributed by atoms with Crippen LogP contribution in [0.1, 0.15) is 83.6 Å². The molecule has 242 valence electrons. The molecule has 0 aromatic carbocycles. The summed E-state index contributed by atoms with van der Waals surface area (Å²) in [5.41, 5.74) is -1.15. The number of fused-ring (bicyclic) bond motifs is 5. The molecule has 4 saturated carbocycles. The number of nitrogens with one attached hydrogen (secondary N) is 3. The van der Waals surface area contributed by atoms with Crippen LogP contribution in [0.15, 0.2) is 27.6 Å². The quantitative estimate of drug-likeness (QED) is 0.358. The Bertz CT molecular complexity index is 1310. The van der Waals surface area contributed by atoms with Gasteiger partial charge in [0.2, 0.25) is 5.91 Å². The van der Waals surface area contributed by atoms with Crippen LogP contribution in [0.2, 0.25) is 0 Å². The maximum atomic E-state index is 12.7. The minimum atomic E-state index is -1.02. The molecule has 1 aromatic rings. The number of amides is 3. The van der Waals surface area contributed by atoms with Gasteiger partial charge in [0.15, 0.2) is 0 Å². The van der Waals surface area contributed by atoms with Crippen LogP contribution in [0.3, 0.4) is 0 Å². The van der Waals surface area contributed by atoms with Gasteiger partial charge in [-0.15, -0.1) is 0 Å². The molecule has 3 amide bonds. The van der Waals surface area contributed by atoms with E-state index in [2.05, 4.69) is 29.8 Å². The summed E-state index contributed by atoms with van der Waals surface area (Å²) in [7, 11) is 0. The SMILES string of the molecule is CC(=O)O[C@H]1C[C@]2(O)[C@@H]3CC[C@@H]4C[C@@H](NC(=O)NCCN5CCNCC5=O)CC[C@]4(C)[C@H]3CC[C@]2(C)[C@H]1c1ccc(=O)oc1. The summed E-state index contributed by atoms with van der Waals surface area (Å²) in [5.74, 6) is 0.270. The first-order valence-corrected chi connectivity index (χ1v) is 16.5. The number of urea groups is 1. The van der Waals surface area contributed by atoms with Gasteiger partial charge in [-0.3, -0.25) is 9.59 Å². The molecule has 0 bridgehead atoms. The van der Waals surface area contributed by atoms with Crippen molar-refractivity contribution < 1.29 is 28.6 Å². The summed E-state index contributed by atoms with van der Waals surface area (Å²) in [4.78, 5) is 50.4. The number of piperazine rings is 1. The Labute approximate surface area is 258 Å². The average molecular weight is 613 g/mol. The van der Waals surface area contributed by atoms with Crippen LogP contribution in [0.25, 0.3) is 0 Å². The first kappa shape index (κ1) is 31.1. The number of nitrogens with zero attached hydrogens (tertiary/aromatic N) is 1. The Balaban J connectivity index is 1.12. The van der Waals surface area contributed by atoms with Crippen LogP contribution >= 0.6 is 0 Å². The van der Waals surface area contributed by atoms with E-state index in [9.17, 15) is 24.3 Å². The molecule has 5 aliphatic rings. The topological polar surface area (TPSA) is 150 Å². The highest BCUT2D eigenvalue weighted by molar-refractivity contribution is 5.79. The molecule has 1 aromatic heterocycles. The zero-order chi connectivity index (χ0) is 31.3.